The van der Waals surface area contributed by atoms with Crippen molar-refractivity contribution in [3.8, 4) is 0 Å². The summed E-state index contributed by atoms with van der Waals surface area (Å²) in [6.07, 6.45) is 5.24. The zero-order valence-corrected chi connectivity index (χ0v) is 11.2. The van der Waals surface area contributed by atoms with Crippen molar-refractivity contribution in [3.05, 3.63) is 17.8 Å². The molecule has 0 unspecified atom stereocenters. The summed E-state index contributed by atoms with van der Waals surface area (Å²) in [4.78, 5) is 2.33. The lowest BCUT2D eigenvalue weighted by atomic mass is 9.92. The first-order chi connectivity index (χ1) is 8.33. The number of piperidine rings is 1. The van der Waals surface area contributed by atoms with Crippen LogP contribution in [-0.2, 0) is 5.88 Å². The van der Waals surface area contributed by atoms with Crippen molar-refractivity contribution in [2.45, 2.75) is 38.5 Å². The summed E-state index contributed by atoms with van der Waals surface area (Å²) in [6.45, 7) is 4.49. The lowest BCUT2D eigenvalue weighted by Gasteiger charge is -2.32. The summed E-state index contributed by atoms with van der Waals surface area (Å²) in [5, 5.41) is 8.34. The molecule has 3 nitrogen and oxygen atoms in total. The largest absolute Gasteiger partial charge is 0.355 e. The van der Waals surface area contributed by atoms with Gasteiger partial charge in [0.2, 0.25) is 0 Å². The van der Waals surface area contributed by atoms with Gasteiger partial charge in [-0.15, -0.1) is 16.7 Å². The number of nitrogens with zero attached hydrogens (tertiary/aromatic N) is 3. The molecule has 1 fully saturated rings. The fourth-order valence-electron chi connectivity index (χ4n) is 2.45. The zero-order chi connectivity index (χ0) is 12.1. The SMILES string of the molecule is CCCC1CCN(c2ccc(CCl)nn2)CC1. The summed E-state index contributed by atoms with van der Waals surface area (Å²) >= 11 is 5.70. The Labute approximate surface area is 108 Å². The van der Waals surface area contributed by atoms with Gasteiger partial charge in [0.25, 0.3) is 0 Å². The molecular formula is C13H20ClN3. The molecule has 1 saturated heterocycles. The molecule has 1 aliphatic heterocycles. The van der Waals surface area contributed by atoms with Gasteiger partial charge in [-0.05, 0) is 30.9 Å². The molecule has 0 N–H and O–H groups in total. The van der Waals surface area contributed by atoms with E-state index in [0.717, 1.165) is 30.5 Å². The molecule has 2 rings (SSSR count). The monoisotopic (exact) mass is 253 g/mol. The average molecular weight is 254 g/mol. The molecule has 0 radical (unpaired) electrons. The molecule has 0 aliphatic carbocycles. The number of hydrogen-bond acceptors (Lipinski definition) is 3. The lowest BCUT2D eigenvalue weighted by Crippen LogP contribution is -2.34. The van der Waals surface area contributed by atoms with Crippen molar-refractivity contribution in [2.75, 3.05) is 18.0 Å². The maximum atomic E-state index is 5.70. The molecule has 2 heterocycles. The molecule has 94 valence electrons. The Morgan fingerprint density at radius 2 is 2.06 bits per heavy atom. The summed E-state index contributed by atoms with van der Waals surface area (Å²) in [5.74, 6) is 2.34. The van der Waals surface area contributed by atoms with Gasteiger partial charge in [-0.1, -0.05) is 19.8 Å². The van der Waals surface area contributed by atoms with Crippen molar-refractivity contribution in [1.82, 2.24) is 10.2 Å². The molecule has 4 heteroatoms. The predicted octanol–water partition coefficient (Wildman–Crippen LogP) is 3.23. The van der Waals surface area contributed by atoms with Crippen LogP contribution < -0.4 is 4.90 Å². The maximum Gasteiger partial charge on any atom is 0.151 e. The van der Waals surface area contributed by atoms with Crippen LogP contribution in [0.5, 0.6) is 0 Å². The van der Waals surface area contributed by atoms with Crippen molar-refractivity contribution in [1.29, 1.82) is 0 Å². The van der Waals surface area contributed by atoms with E-state index in [1.54, 1.807) is 0 Å². The third kappa shape index (κ3) is 3.32. The number of aromatic nitrogens is 2. The Balaban J connectivity index is 1.91. The minimum atomic E-state index is 0.436. The first-order valence-corrected chi connectivity index (χ1v) is 7.00. The Morgan fingerprint density at radius 3 is 2.59 bits per heavy atom. The summed E-state index contributed by atoms with van der Waals surface area (Å²) in [7, 11) is 0. The summed E-state index contributed by atoms with van der Waals surface area (Å²) in [5.41, 5.74) is 0.844. The van der Waals surface area contributed by atoms with Gasteiger partial charge in [0.1, 0.15) is 0 Å². The van der Waals surface area contributed by atoms with Gasteiger partial charge in [-0.25, -0.2) is 0 Å². The Kier molecular flexibility index (Phi) is 4.60. The summed E-state index contributed by atoms with van der Waals surface area (Å²) in [6, 6.07) is 4.00. The molecule has 0 aromatic carbocycles. The van der Waals surface area contributed by atoms with Crippen LogP contribution in [0.4, 0.5) is 5.82 Å². The molecule has 0 saturated carbocycles. The van der Waals surface area contributed by atoms with Crippen LogP contribution in [-0.4, -0.2) is 23.3 Å². The molecule has 0 bridgehead atoms. The van der Waals surface area contributed by atoms with E-state index in [-0.39, 0.29) is 0 Å². The third-order valence-corrected chi connectivity index (χ3v) is 3.75. The molecule has 1 aromatic heterocycles. The Morgan fingerprint density at radius 1 is 1.29 bits per heavy atom. The van der Waals surface area contributed by atoms with Gasteiger partial charge in [0.05, 0.1) is 11.6 Å². The van der Waals surface area contributed by atoms with Crippen LogP contribution in [0, 0.1) is 5.92 Å². The molecule has 17 heavy (non-hydrogen) atoms. The second-order valence-electron chi connectivity index (χ2n) is 4.74. The average Bonchev–Trinajstić information content (AvgIpc) is 2.40. The van der Waals surface area contributed by atoms with Crippen molar-refractivity contribution in [2.24, 2.45) is 5.92 Å². The minimum absolute atomic E-state index is 0.436. The van der Waals surface area contributed by atoms with Crippen LogP contribution in [0.2, 0.25) is 0 Å². The van der Waals surface area contributed by atoms with E-state index < -0.39 is 0 Å². The maximum absolute atomic E-state index is 5.70. The van der Waals surface area contributed by atoms with Gasteiger partial charge in [-0.2, -0.15) is 5.10 Å². The molecular weight excluding hydrogens is 234 g/mol. The first kappa shape index (κ1) is 12.6. The number of hydrogen-bond donors (Lipinski definition) is 0. The van der Waals surface area contributed by atoms with Crippen LogP contribution in [0.25, 0.3) is 0 Å². The normalized spacial score (nSPS) is 17.4. The van der Waals surface area contributed by atoms with Crippen LogP contribution in [0.3, 0.4) is 0 Å². The highest BCUT2D eigenvalue weighted by Gasteiger charge is 2.19. The quantitative estimate of drug-likeness (QED) is 0.772. The lowest BCUT2D eigenvalue weighted by molar-refractivity contribution is 0.377. The molecule has 1 aliphatic rings. The van der Waals surface area contributed by atoms with E-state index >= 15 is 0 Å². The number of halogens is 1. The Hall–Kier alpha value is -0.830. The number of alkyl halides is 1. The predicted molar refractivity (Wildman–Crippen MR) is 71.4 cm³/mol. The van der Waals surface area contributed by atoms with Gasteiger partial charge in [0, 0.05) is 13.1 Å². The molecule has 0 spiro atoms. The number of rotatable bonds is 4. The number of anilines is 1. The smallest absolute Gasteiger partial charge is 0.151 e. The topological polar surface area (TPSA) is 29.0 Å². The van der Waals surface area contributed by atoms with Gasteiger partial charge in [-0.3, -0.25) is 0 Å². The second kappa shape index (κ2) is 6.20. The third-order valence-electron chi connectivity index (χ3n) is 3.48. The van der Waals surface area contributed by atoms with Crippen molar-refractivity contribution in [3.63, 3.8) is 0 Å². The van der Waals surface area contributed by atoms with E-state index in [0.29, 0.717) is 5.88 Å². The van der Waals surface area contributed by atoms with Crippen molar-refractivity contribution >= 4 is 17.4 Å². The van der Waals surface area contributed by atoms with E-state index in [2.05, 4.69) is 22.0 Å². The molecule has 0 atom stereocenters. The Bertz CT molecular complexity index is 331. The highest BCUT2D eigenvalue weighted by Crippen LogP contribution is 2.24. The summed E-state index contributed by atoms with van der Waals surface area (Å²) < 4.78 is 0. The standard InChI is InChI=1S/C13H20ClN3/c1-2-3-11-6-8-17(9-7-11)13-5-4-12(10-14)15-16-13/h4-5,11H,2-3,6-10H2,1H3. The van der Waals surface area contributed by atoms with Gasteiger partial charge >= 0.3 is 0 Å². The minimum Gasteiger partial charge on any atom is -0.355 e. The zero-order valence-electron chi connectivity index (χ0n) is 10.4. The van der Waals surface area contributed by atoms with Crippen molar-refractivity contribution < 1.29 is 0 Å². The van der Waals surface area contributed by atoms with Crippen LogP contribution in [0.1, 0.15) is 38.3 Å². The van der Waals surface area contributed by atoms with E-state index in [1.807, 2.05) is 12.1 Å². The fourth-order valence-corrected chi connectivity index (χ4v) is 2.59. The second-order valence-corrected chi connectivity index (χ2v) is 5.00. The molecule has 0 amide bonds. The molecule has 1 aromatic rings. The highest BCUT2D eigenvalue weighted by atomic mass is 35.5. The van der Waals surface area contributed by atoms with E-state index in [4.69, 9.17) is 11.6 Å². The first-order valence-electron chi connectivity index (χ1n) is 6.47. The highest BCUT2D eigenvalue weighted by molar-refractivity contribution is 6.16. The van der Waals surface area contributed by atoms with E-state index in [9.17, 15) is 0 Å². The van der Waals surface area contributed by atoms with E-state index in [1.165, 1.54) is 25.7 Å². The van der Waals surface area contributed by atoms with Crippen LogP contribution in [0.15, 0.2) is 12.1 Å². The van der Waals surface area contributed by atoms with Crippen LogP contribution >= 0.6 is 11.6 Å². The fraction of sp³-hybridized carbons (Fsp3) is 0.692. The van der Waals surface area contributed by atoms with Gasteiger partial charge < -0.3 is 4.90 Å². The van der Waals surface area contributed by atoms with Gasteiger partial charge in [0.15, 0.2) is 5.82 Å².